The summed E-state index contributed by atoms with van der Waals surface area (Å²) in [5, 5.41) is -0.592. The first kappa shape index (κ1) is 30.8. The topological polar surface area (TPSA) is 40.1 Å². The summed E-state index contributed by atoms with van der Waals surface area (Å²) >= 11 is 0. The number of hydrogen-bond donors (Lipinski definition) is 0. The molecule has 4 heteroatoms. The van der Waals surface area contributed by atoms with Crippen LogP contribution in [0.1, 0.15) is 136 Å². The molecule has 0 heterocycles. The van der Waals surface area contributed by atoms with Gasteiger partial charge < -0.3 is 4.89 Å². The fourth-order valence-corrected chi connectivity index (χ4v) is 5.87. The van der Waals surface area contributed by atoms with Crippen molar-refractivity contribution in [3.05, 3.63) is 12.2 Å². The summed E-state index contributed by atoms with van der Waals surface area (Å²) in [7, 11) is 3.67. The van der Waals surface area contributed by atoms with Gasteiger partial charge in [0.1, 0.15) is 0 Å². The van der Waals surface area contributed by atoms with Crippen molar-refractivity contribution in [1.29, 1.82) is 0 Å². The molecule has 0 aromatic carbocycles. The minimum Gasteiger partial charge on any atom is -0.590 e. The van der Waals surface area contributed by atoms with E-state index in [1.54, 1.807) is 0 Å². The van der Waals surface area contributed by atoms with Crippen molar-refractivity contribution in [2.45, 2.75) is 141 Å². The van der Waals surface area contributed by atoms with Crippen LogP contribution in [0.2, 0.25) is 0 Å². The lowest BCUT2D eigenvalue weighted by Gasteiger charge is -2.39. The van der Waals surface area contributed by atoms with Gasteiger partial charge in [-0.25, -0.2) is 0 Å². The summed E-state index contributed by atoms with van der Waals surface area (Å²) in [5.41, 5.74) is 0. The minimum atomic E-state index is -2.42. The molecular weight excluding hydrogens is 401 g/mol. The van der Waals surface area contributed by atoms with Gasteiger partial charge in [0.05, 0.1) is 21.1 Å². The molecule has 2 unspecified atom stereocenters. The van der Waals surface area contributed by atoms with Gasteiger partial charge in [0.25, 0.3) is 5.28 Å². The zero-order valence-electron chi connectivity index (χ0n) is 21.8. The summed E-state index contributed by atoms with van der Waals surface area (Å²) in [6.07, 6.45) is 28.2. The van der Waals surface area contributed by atoms with Crippen molar-refractivity contribution in [2.75, 3.05) is 21.1 Å². The number of hydrogen-bond acceptors (Lipinski definition) is 2. The zero-order valence-corrected chi connectivity index (χ0v) is 22.7. The van der Waals surface area contributed by atoms with E-state index in [0.717, 1.165) is 32.1 Å². The molecule has 2 atom stereocenters. The standard InChI is InChI=1S/C27H55NO2P/c1-6-8-9-10-11-12-13-14-15-16-17-18-19-20-21-22-23-24-26-27(25-7-2,31(29)30)28(3,4)5/h15-16H,6-14,17-26H2,1-5H3/q+1. The third kappa shape index (κ3) is 14.5. The van der Waals surface area contributed by atoms with Crippen LogP contribution >= 0.6 is 8.03 Å². The van der Waals surface area contributed by atoms with E-state index in [1.807, 2.05) is 21.1 Å². The molecule has 0 N–H and O–H groups in total. The minimum absolute atomic E-state index is 0.520. The van der Waals surface area contributed by atoms with Gasteiger partial charge >= 0.3 is 8.03 Å². The van der Waals surface area contributed by atoms with E-state index in [0.29, 0.717) is 4.48 Å². The van der Waals surface area contributed by atoms with Gasteiger partial charge in [0, 0.05) is 12.8 Å². The highest BCUT2D eigenvalue weighted by atomic mass is 31.1. The van der Waals surface area contributed by atoms with Crippen LogP contribution in [0.3, 0.4) is 0 Å². The highest BCUT2D eigenvalue weighted by Crippen LogP contribution is 2.45. The van der Waals surface area contributed by atoms with E-state index in [2.05, 4.69) is 26.0 Å². The molecule has 0 bridgehead atoms. The average Bonchev–Trinajstić information content (AvgIpc) is 2.71. The molecule has 0 radical (unpaired) electrons. The highest BCUT2D eigenvalue weighted by molar-refractivity contribution is 7.38. The Morgan fingerprint density at radius 2 is 1.06 bits per heavy atom. The number of rotatable bonds is 22. The van der Waals surface area contributed by atoms with Gasteiger partial charge in [-0.05, 0) is 38.5 Å². The highest BCUT2D eigenvalue weighted by Gasteiger charge is 2.53. The molecule has 31 heavy (non-hydrogen) atoms. The van der Waals surface area contributed by atoms with Crippen LogP contribution in [0, 0.1) is 0 Å². The second-order valence-electron chi connectivity index (χ2n) is 10.4. The first-order valence-electron chi connectivity index (χ1n) is 13.4. The van der Waals surface area contributed by atoms with Gasteiger partial charge in [-0.3, -0.25) is 4.48 Å². The molecule has 0 saturated carbocycles. The normalized spacial score (nSPS) is 14.8. The Balaban J connectivity index is 3.67. The van der Waals surface area contributed by atoms with Crippen LogP contribution in [0.4, 0.5) is 0 Å². The Morgan fingerprint density at radius 1 is 0.645 bits per heavy atom. The summed E-state index contributed by atoms with van der Waals surface area (Å²) in [6, 6.07) is 0. The fraction of sp³-hybridized carbons (Fsp3) is 0.926. The van der Waals surface area contributed by atoms with Crippen molar-refractivity contribution < 1.29 is 13.9 Å². The number of unbranched alkanes of at least 4 members (excludes halogenated alkanes) is 14. The van der Waals surface area contributed by atoms with E-state index in [9.17, 15) is 9.46 Å². The number of nitrogens with zero attached hydrogens (tertiary/aromatic N) is 1. The Hall–Kier alpha value is -0.240. The zero-order chi connectivity index (χ0) is 23.4. The molecule has 0 spiro atoms. The van der Waals surface area contributed by atoms with Crippen LogP contribution in [0.25, 0.3) is 0 Å². The van der Waals surface area contributed by atoms with Crippen LogP contribution in [-0.4, -0.2) is 30.9 Å². The molecule has 0 aliphatic carbocycles. The van der Waals surface area contributed by atoms with Gasteiger partial charge in [-0.1, -0.05) is 101 Å². The molecule has 184 valence electrons. The largest absolute Gasteiger partial charge is 0.590 e. The second kappa shape index (κ2) is 19.2. The summed E-state index contributed by atoms with van der Waals surface area (Å²) in [6.45, 7) is 4.37. The van der Waals surface area contributed by atoms with E-state index >= 15 is 0 Å². The van der Waals surface area contributed by atoms with Crippen molar-refractivity contribution in [3.63, 3.8) is 0 Å². The average molecular weight is 457 g/mol. The molecule has 0 aromatic heterocycles. The van der Waals surface area contributed by atoms with Crippen LogP contribution < -0.4 is 4.89 Å². The maximum atomic E-state index is 12.1. The van der Waals surface area contributed by atoms with Gasteiger partial charge in [-0.15, -0.1) is 0 Å². The first-order valence-corrected chi connectivity index (χ1v) is 14.6. The van der Waals surface area contributed by atoms with Crippen molar-refractivity contribution in [1.82, 2.24) is 0 Å². The fourth-order valence-electron chi connectivity index (χ4n) is 4.63. The summed E-state index contributed by atoms with van der Waals surface area (Å²) in [4.78, 5) is 12.1. The Bertz CT molecular complexity index is 459. The van der Waals surface area contributed by atoms with Crippen molar-refractivity contribution in [3.8, 4) is 0 Å². The van der Waals surface area contributed by atoms with E-state index in [1.165, 1.54) is 89.9 Å². The molecule has 0 rings (SSSR count). The van der Waals surface area contributed by atoms with Crippen molar-refractivity contribution in [2.24, 2.45) is 0 Å². The Labute approximate surface area is 196 Å². The summed E-state index contributed by atoms with van der Waals surface area (Å²) in [5.74, 6) is 0. The smallest absolute Gasteiger partial charge is 0.376 e. The van der Waals surface area contributed by atoms with Gasteiger partial charge in [-0.2, -0.15) is 0 Å². The predicted molar refractivity (Wildman–Crippen MR) is 137 cm³/mol. The van der Waals surface area contributed by atoms with Gasteiger partial charge in [0.2, 0.25) is 0 Å². The maximum Gasteiger partial charge on any atom is 0.376 e. The monoisotopic (exact) mass is 456 g/mol. The Morgan fingerprint density at radius 3 is 1.45 bits per heavy atom. The van der Waals surface area contributed by atoms with Crippen molar-refractivity contribution >= 4 is 8.03 Å². The quantitative estimate of drug-likeness (QED) is 0.0709. The third-order valence-corrected chi connectivity index (χ3v) is 8.55. The van der Waals surface area contributed by atoms with E-state index in [4.69, 9.17) is 0 Å². The van der Waals surface area contributed by atoms with Gasteiger partial charge in [0.15, 0.2) is 0 Å². The molecule has 0 aliphatic rings. The second-order valence-corrected chi connectivity index (χ2v) is 11.7. The van der Waals surface area contributed by atoms with Crippen LogP contribution in [-0.2, 0) is 4.57 Å². The number of quaternary nitrogens is 1. The molecule has 0 saturated heterocycles. The lowest BCUT2D eigenvalue weighted by atomic mass is 9.99. The Kier molecular flexibility index (Phi) is 19.1. The van der Waals surface area contributed by atoms with Crippen LogP contribution in [0.15, 0.2) is 12.2 Å². The summed E-state index contributed by atoms with van der Waals surface area (Å²) < 4.78 is 12.6. The van der Waals surface area contributed by atoms with E-state index in [-0.39, 0.29) is 0 Å². The molecule has 0 amide bonds. The lowest BCUT2D eigenvalue weighted by Crippen LogP contribution is -2.55. The molecule has 3 nitrogen and oxygen atoms in total. The predicted octanol–water partition coefficient (Wildman–Crippen LogP) is 8.50. The molecule has 0 fully saturated rings. The maximum absolute atomic E-state index is 12.1. The third-order valence-electron chi connectivity index (χ3n) is 6.83. The lowest BCUT2D eigenvalue weighted by molar-refractivity contribution is -0.910. The van der Waals surface area contributed by atoms with E-state index < -0.39 is 13.3 Å². The molecule has 0 aliphatic heterocycles. The SMILES string of the molecule is CCCCCCCCCC=CCCCCCCCCCC(CCC)([P+](=O)[O-])[N+](C)(C)C. The molecule has 0 aromatic rings. The first-order chi connectivity index (χ1) is 14.8. The molecular formula is C27H55NO2P+. The number of allylic oxidation sites excluding steroid dienone is 2. The van der Waals surface area contributed by atoms with Crippen LogP contribution in [0.5, 0.6) is 0 Å².